The van der Waals surface area contributed by atoms with E-state index in [1.165, 1.54) is 0 Å². The number of rotatable bonds is 7. The highest BCUT2D eigenvalue weighted by Crippen LogP contribution is 2.27. The second-order valence-electron chi connectivity index (χ2n) is 4.53. The van der Waals surface area contributed by atoms with Crippen molar-refractivity contribution in [1.29, 1.82) is 0 Å². The lowest BCUT2D eigenvalue weighted by atomic mass is 10.1. The summed E-state index contributed by atoms with van der Waals surface area (Å²) in [5, 5.41) is 4.13. The molecule has 4 nitrogen and oxygen atoms in total. The van der Waals surface area contributed by atoms with Crippen LogP contribution in [0.5, 0.6) is 0 Å². The molecule has 0 radical (unpaired) electrons. The maximum atomic E-state index is 5.08. The molecule has 0 unspecified atom stereocenters. The summed E-state index contributed by atoms with van der Waals surface area (Å²) in [5.41, 5.74) is 3.09. The summed E-state index contributed by atoms with van der Waals surface area (Å²) >= 11 is 4.96. The SMILES string of the molecule is C=C(c1ccc(Nc2ncc(Br)s2)cc1)N(C)CCOC. The zero-order valence-electron chi connectivity index (χ0n) is 12.1. The fourth-order valence-electron chi connectivity index (χ4n) is 1.77. The molecule has 0 aliphatic rings. The van der Waals surface area contributed by atoms with Gasteiger partial charge < -0.3 is 15.0 Å². The molecular weight excluding hydrogens is 350 g/mol. The molecule has 1 aromatic carbocycles. The van der Waals surface area contributed by atoms with Crippen LogP contribution >= 0.6 is 27.3 Å². The van der Waals surface area contributed by atoms with Crippen LogP contribution in [0, 0.1) is 0 Å². The molecule has 112 valence electrons. The lowest BCUT2D eigenvalue weighted by molar-refractivity contribution is 0.180. The van der Waals surface area contributed by atoms with Crippen molar-refractivity contribution < 1.29 is 4.74 Å². The fraction of sp³-hybridized carbons (Fsp3) is 0.267. The van der Waals surface area contributed by atoms with Gasteiger partial charge in [0.1, 0.15) is 0 Å². The summed E-state index contributed by atoms with van der Waals surface area (Å²) in [5.74, 6) is 0. The Balaban J connectivity index is 1.99. The Kier molecular flexibility index (Phi) is 5.78. The minimum Gasteiger partial charge on any atom is -0.383 e. The van der Waals surface area contributed by atoms with Crippen LogP contribution in [0.4, 0.5) is 10.8 Å². The van der Waals surface area contributed by atoms with Gasteiger partial charge in [-0.1, -0.05) is 30.0 Å². The van der Waals surface area contributed by atoms with Gasteiger partial charge in [-0.15, -0.1) is 0 Å². The molecule has 2 rings (SSSR count). The van der Waals surface area contributed by atoms with Gasteiger partial charge in [-0.3, -0.25) is 0 Å². The van der Waals surface area contributed by atoms with Gasteiger partial charge >= 0.3 is 0 Å². The number of thiazole rings is 1. The number of aromatic nitrogens is 1. The van der Waals surface area contributed by atoms with Gasteiger partial charge in [-0.05, 0) is 33.6 Å². The van der Waals surface area contributed by atoms with E-state index >= 15 is 0 Å². The maximum absolute atomic E-state index is 5.08. The number of benzene rings is 1. The molecule has 0 saturated carbocycles. The summed E-state index contributed by atoms with van der Waals surface area (Å²) in [6, 6.07) is 8.16. The lowest BCUT2D eigenvalue weighted by Crippen LogP contribution is -2.20. The average molecular weight is 368 g/mol. The number of methoxy groups -OCH3 is 1. The molecule has 0 fully saturated rings. The normalized spacial score (nSPS) is 10.4. The van der Waals surface area contributed by atoms with Crippen molar-refractivity contribution in [2.24, 2.45) is 0 Å². The Hall–Kier alpha value is -1.37. The average Bonchev–Trinajstić information content (AvgIpc) is 2.90. The predicted octanol–water partition coefficient (Wildman–Crippen LogP) is 4.20. The smallest absolute Gasteiger partial charge is 0.188 e. The largest absolute Gasteiger partial charge is 0.383 e. The second kappa shape index (κ2) is 7.59. The topological polar surface area (TPSA) is 37.4 Å². The molecule has 1 aromatic heterocycles. The Bertz CT molecular complexity index is 597. The van der Waals surface area contributed by atoms with E-state index in [9.17, 15) is 0 Å². The third-order valence-corrected chi connectivity index (χ3v) is 4.43. The Morgan fingerprint density at radius 3 is 2.71 bits per heavy atom. The predicted molar refractivity (Wildman–Crippen MR) is 93.1 cm³/mol. The molecule has 0 aliphatic carbocycles. The van der Waals surface area contributed by atoms with Crippen LogP contribution in [-0.2, 0) is 4.74 Å². The second-order valence-corrected chi connectivity index (χ2v) is 6.94. The van der Waals surface area contributed by atoms with Gasteiger partial charge in [0.25, 0.3) is 0 Å². The van der Waals surface area contributed by atoms with Gasteiger partial charge in [0.05, 0.1) is 16.6 Å². The first-order valence-electron chi connectivity index (χ1n) is 6.48. The van der Waals surface area contributed by atoms with Gasteiger partial charge in [-0.2, -0.15) is 0 Å². The minimum atomic E-state index is 0.689. The first-order valence-corrected chi connectivity index (χ1v) is 8.09. The maximum Gasteiger partial charge on any atom is 0.188 e. The Morgan fingerprint density at radius 1 is 1.43 bits per heavy atom. The van der Waals surface area contributed by atoms with E-state index < -0.39 is 0 Å². The highest BCUT2D eigenvalue weighted by atomic mass is 79.9. The summed E-state index contributed by atoms with van der Waals surface area (Å²) in [7, 11) is 3.72. The van der Waals surface area contributed by atoms with Crippen LogP contribution in [0.25, 0.3) is 5.70 Å². The number of halogens is 1. The van der Waals surface area contributed by atoms with Crippen LogP contribution in [-0.4, -0.2) is 37.2 Å². The van der Waals surface area contributed by atoms with Crippen molar-refractivity contribution >= 4 is 43.8 Å². The van der Waals surface area contributed by atoms with Crippen LogP contribution in [0.15, 0.2) is 40.8 Å². The lowest BCUT2D eigenvalue weighted by Gasteiger charge is -2.21. The van der Waals surface area contributed by atoms with Crippen molar-refractivity contribution in [2.45, 2.75) is 0 Å². The number of hydrogen-bond donors (Lipinski definition) is 1. The Labute approximate surface area is 137 Å². The van der Waals surface area contributed by atoms with E-state index in [1.807, 2.05) is 19.2 Å². The molecule has 21 heavy (non-hydrogen) atoms. The van der Waals surface area contributed by atoms with Crippen molar-refractivity contribution in [3.05, 3.63) is 46.4 Å². The molecule has 0 aliphatic heterocycles. The molecule has 1 heterocycles. The molecule has 2 aromatic rings. The van der Waals surface area contributed by atoms with E-state index in [0.29, 0.717) is 6.61 Å². The van der Waals surface area contributed by atoms with Crippen LogP contribution in [0.1, 0.15) is 5.56 Å². The van der Waals surface area contributed by atoms with Crippen molar-refractivity contribution in [2.75, 3.05) is 32.6 Å². The van der Waals surface area contributed by atoms with Crippen LogP contribution < -0.4 is 5.32 Å². The molecule has 0 bridgehead atoms. The molecule has 0 amide bonds. The van der Waals surface area contributed by atoms with E-state index in [4.69, 9.17) is 4.74 Å². The highest BCUT2D eigenvalue weighted by Gasteiger charge is 2.05. The zero-order valence-corrected chi connectivity index (χ0v) is 14.5. The number of nitrogens with one attached hydrogen (secondary N) is 1. The molecule has 1 N–H and O–H groups in total. The van der Waals surface area contributed by atoms with Gasteiger partial charge in [0.15, 0.2) is 5.13 Å². The number of ether oxygens (including phenoxy) is 1. The van der Waals surface area contributed by atoms with Gasteiger partial charge in [-0.25, -0.2) is 4.98 Å². The van der Waals surface area contributed by atoms with E-state index in [1.54, 1.807) is 24.6 Å². The molecule has 0 saturated heterocycles. The van der Waals surface area contributed by atoms with Crippen molar-refractivity contribution in [3.8, 4) is 0 Å². The minimum absolute atomic E-state index is 0.689. The van der Waals surface area contributed by atoms with E-state index in [0.717, 1.165) is 32.4 Å². The summed E-state index contributed by atoms with van der Waals surface area (Å²) in [6.07, 6.45) is 1.79. The van der Waals surface area contributed by atoms with E-state index in [2.05, 4.69) is 49.8 Å². The molecule has 0 atom stereocenters. The summed E-state index contributed by atoms with van der Waals surface area (Å²) in [6.45, 7) is 5.64. The van der Waals surface area contributed by atoms with Crippen LogP contribution in [0.2, 0.25) is 0 Å². The third-order valence-electron chi connectivity index (χ3n) is 3.04. The number of anilines is 2. The standard InChI is InChI=1S/C15H18BrN3OS/c1-11(19(2)8-9-20-3)12-4-6-13(7-5-12)18-15-17-10-14(16)21-15/h4-7,10H,1,8-9H2,2-3H3,(H,17,18). The van der Waals surface area contributed by atoms with Crippen molar-refractivity contribution in [1.82, 2.24) is 9.88 Å². The summed E-state index contributed by atoms with van der Waals surface area (Å²) < 4.78 is 6.09. The fourth-order valence-corrected chi connectivity index (χ4v) is 2.89. The summed E-state index contributed by atoms with van der Waals surface area (Å²) in [4.78, 5) is 6.34. The number of hydrogen-bond acceptors (Lipinski definition) is 5. The third kappa shape index (κ3) is 4.56. The molecular formula is C15H18BrN3OS. The first-order chi connectivity index (χ1) is 10.1. The Morgan fingerprint density at radius 2 is 2.14 bits per heavy atom. The van der Waals surface area contributed by atoms with Gasteiger partial charge in [0.2, 0.25) is 0 Å². The van der Waals surface area contributed by atoms with Crippen molar-refractivity contribution in [3.63, 3.8) is 0 Å². The number of nitrogens with zero attached hydrogens (tertiary/aromatic N) is 2. The van der Waals surface area contributed by atoms with Crippen LogP contribution in [0.3, 0.4) is 0 Å². The quantitative estimate of drug-likeness (QED) is 0.795. The van der Waals surface area contributed by atoms with Gasteiger partial charge in [0, 0.05) is 32.1 Å². The van der Waals surface area contributed by atoms with E-state index in [-0.39, 0.29) is 0 Å². The molecule has 0 spiro atoms. The number of likely N-dealkylation sites (N-methyl/N-ethyl adjacent to an activating group) is 1. The monoisotopic (exact) mass is 367 g/mol. The first kappa shape index (κ1) is 16.0. The molecule has 6 heteroatoms. The zero-order chi connectivity index (χ0) is 15.2. The highest BCUT2D eigenvalue weighted by molar-refractivity contribution is 9.11.